The van der Waals surface area contributed by atoms with Crippen LogP contribution in [0.5, 0.6) is 11.5 Å². The number of aromatic nitrogens is 2. The Morgan fingerprint density at radius 3 is 2.67 bits per heavy atom. The van der Waals surface area contributed by atoms with Gasteiger partial charge in [0, 0.05) is 17.3 Å². The molecule has 0 saturated carbocycles. The van der Waals surface area contributed by atoms with Crippen molar-refractivity contribution in [1.82, 2.24) is 10.2 Å². The zero-order chi connectivity index (χ0) is 20.9. The van der Waals surface area contributed by atoms with Crippen molar-refractivity contribution >= 4 is 35.1 Å². The minimum Gasteiger partial charge on any atom is -0.454 e. The highest BCUT2D eigenvalue weighted by Crippen LogP contribution is 2.34. The predicted molar refractivity (Wildman–Crippen MR) is 108 cm³/mol. The van der Waals surface area contributed by atoms with Crippen molar-refractivity contribution in [2.75, 3.05) is 23.2 Å². The smallest absolute Gasteiger partial charge is 0.256 e. The quantitative estimate of drug-likeness (QED) is 0.583. The van der Waals surface area contributed by atoms with E-state index in [0.717, 1.165) is 6.07 Å². The third-order valence-electron chi connectivity index (χ3n) is 3.98. The van der Waals surface area contributed by atoms with E-state index in [1.54, 1.807) is 30.3 Å². The van der Waals surface area contributed by atoms with Crippen molar-refractivity contribution in [2.24, 2.45) is 0 Å². The van der Waals surface area contributed by atoms with Gasteiger partial charge in [-0.3, -0.25) is 9.59 Å². The van der Waals surface area contributed by atoms with Crippen LogP contribution < -0.4 is 20.1 Å². The molecule has 2 heterocycles. The molecule has 0 aliphatic carbocycles. The summed E-state index contributed by atoms with van der Waals surface area (Å²) >= 11 is 1.20. The van der Waals surface area contributed by atoms with Gasteiger partial charge in [0.05, 0.1) is 5.75 Å². The van der Waals surface area contributed by atoms with Crippen LogP contribution in [0.3, 0.4) is 0 Å². The van der Waals surface area contributed by atoms with Crippen molar-refractivity contribution in [3.8, 4) is 11.5 Å². The summed E-state index contributed by atoms with van der Waals surface area (Å²) in [6, 6.07) is 13.7. The predicted octanol–water partition coefficient (Wildman–Crippen LogP) is 3.33. The summed E-state index contributed by atoms with van der Waals surface area (Å²) in [7, 11) is 0. The zero-order valence-electron chi connectivity index (χ0n) is 15.4. The van der Waals surface area contributed by atoms with Gasteiger partial charge < -0.3 is 20.1 Å². The number of rotatable bonds is 6. The van der Waals surface area contributed by atoms with Crippen LogP contribution in [0.1, 0.15) is 10.4 Å². The van der Waals surface area contributed by atoms with E-state index < -0.39 is 11.7 Å². The molecule has 0 unspecified atom stereocenters. The molecule has 0 spiro atoms. The van der Waals surface area contributed by atoms with Crippen molar-refractivity contribution in [3.05, 3.63) is 66.0 Å². The van der Waals surface area contributed by atoms with Crippen LogP contribution >= 0.6 is 11.8 Å². The lowest BCUT2D eigenvalue weighted by molar-refractivity contribution is -0.113. The maximum Gasteiger partial charge on any atom is 0.256 e. The number of hydrogen-bond donors (Lipinski definition) is 2. The van der Waals surface area contributed by atoms with Gasteiger partial charge in [-0.05, 0) is 42.5 Å². The summed E-state index contributed by atoms with van der Waals surface area (Å²) in [5, 5.41) is 13.7. The molecule has 4 rings (SSSR count). The maximum absolute atomic E-state index is 13.2. The minimum absolute atomic E-state index is 0.123. The van der Waals surface area contributed by atoms with Crippen molar-refractivity contribution in [3.63, 3.8) is 0 Å². The Hall–Kier alpha value is -3.66. The molecule has 10 heteroatoms. The fourth-order valence-corrected chi connectivity index (χ4v) is 3.21. The molecule has 0 saturated heterocycles. The van der Waals surface area contributed by atoms with Crippen LogP contribution in [-0.2, 0) is 4.79 Å². The number of benzene rings is 2. The molecule has 0 atom stereocenters. The molecule has 1 aromatic heterocycles. The average Bonchev–Trinajstić information content (AvgIpc) is 3.21. The second-order valence-electron chi connectivity index (χ2n) is 6.13. The number of carbonyl (C=O) groups is 2. The molecule has 152 valence electrons. The standard InChI is InChI=1S/C20H15FN4O4S/c21-13-3-1-2-12(8-13)20(27)23-17-6-7-19(25-24-17)30-10-18(26)22-14-4-5-15-16(9-14)29-11-28-15/h1-9H,10-11H2,(H,22,26)(H,23,24,27). The molecule has 2 aromatic carbocycles. The SMILES string of the molecule is O=C(CSc1ccc(NC(=O)c2cccc(F)c2)nn1)Nc1ccc2c(c1)OCO2. The number of nitrogens with one attached hydrogen (secondary N) is 2. The zero-order valence-corrected chi connectivity index (χ0v) is 16.2. The summed E-state index contributed by atoms with van der Waals surface area (Å²) in [5.41, 5.74) is 0.779. The van der Waals surface area contributed by atoms with Gasteiger partial charge in [-0.2, -0.15) is 0 Å². The van der Waals surface area contributed by atoms with Crippen LogP contribution in [0.4, 0.5) is 15.9 Å². The van der Waals surface area contributed by atoms with Crippen LogP contribution in [0, 0.1) is 5.82 Å². The third-order valence-corrected chi connectivity index (χ3v) is 4.90. The summed E-state index contributed by atoms with van der Waals surface area (Å²) in [6.45, 7) is 0.167. The average molecular weight is 426 g/mol. The maximum atomic E-state index is 13.2. The molecular formula is C20H15FN4O4S. The van der Waals surface area contributed by atoms with Crippen LogP contribution in [0.15, 0.2) is 59.6 Å². The van der Waals surface area contributed by atoms with Crippen molar-refractivity contribution in [2.45, 2.75) is 5.03 Å². The second kappa shape index (κ2) is 8.78. The Balaban J connectivity index is 1.28. The minimum atomic E-state index is -0.500. The lowest BCUT2D eigenvalue weighted by atomic mass is 10.2. The van der Waals surface area contributed by atoms with Crippen LogP contribution in [0.25, 0.3) is 0 Å². The molecular weight excluding hydrogens is 411 g/mol. The molecule has 30 heavy (non-hydrogen) atoms. The molecule has 1 aliphatic heterocycles. The van der Waals surface area contributed by atoms with E-state index in [4.69, 9.17) is 9.47 Å². The van der Waals surface area contributed by atoms with E-state index in [1.807, 2.05) is 0 Å². The number of fused-ring (bicyclic) bond motifs is 1. The molecule has 0 radical (unpaired) electrons. The van der Waals surface area contributed by atoms with Gasteiger partial charge in [0.15, 0.2) is 17.3 Å². The van der Waals surface area contributed by atoms with Gasteiger partial charge in [0.25, 0.3) is 5.91 Å². The normalized spacial score (nSPS) is 11.8. The first-order chi connectivity index (χ1) is 14.6. The molecule has 2 amide bonds. The summed E-state index contributed by atoms with van der Waals surface area (Å²) < 4.78 is 23.7. The number of carbonyl (C=O) groups excluding carboxylic acids is 2. The van der Waals surface area contributed by atoms with Crippen molar-refractivity contribution < 1.29 is 23.5 Å². The van der Waals surface area contributed by atoms with E-state index in [9.17, 15) is 14.0 Å². The first kappa shape index (κ1) is 19.6. The molecule has 3 aromatic rings. The first-order valence-electron chi connectivity index (χ1n) is 8.80. The van der Waals surface area contributed by atoms with E-state index >= 15 is 0 Å². The molecule has 2 N–H and O–H groups in total. The summed E-state index contributed by atoms with van der Waals surface area (Å²) in [6.07, 6.45) is 0. The van der Waals surface area contributed by atoms with Gasteiger partial charge in [0.1, 0.15) is 10.8 Å². The summed E-state index contributed by atoms with van der Waals surface area (Å²) in [5.74, 6) is 0.358. The molecule has 0 bridgehead atoms. The first-order valence-corrected chi connectivity index (χ1v) is 9.78. The van der Waals surface area contributed by atoms with Crippen molar-refractivity contribution in [1.29, 1.82) is 0 Å². The highest BCUT2D eigenvalue weighted by Gasteiger charge is 2.14. The van der Waals surface area contributed by atoms with E-state index in [0.29, 0.717) is 22.2 Å². The summed E-state index contributed by atoms with van der Waals surface area (Å²) in [4.78, 5) is 24.2. The largest absolute Gasteiger partial charge is 0.454 e. The fourth-order valence-electron chi connectivity index (χ4n) is 2.59. The Morgan fingerprint density at radius 2 is 1.87 bits per heavy atom. The highest BCUT2D eigenvalue weighted by molar-refractivity contribution is 7.99. The fraction of sp³-hybridized carbons (Fsp3) is 0.100. The topological polar surface area (TPSA) is 102 Å². The Morgan fingerprint density at radius 1 is 1.00 bits per heavy atom. The number of ether oxygens (including phenoxy) is 2. The number of halogens is 1. The van der Waals surface area contributed by atoms with Crippen LogP contribution in [-0.4, -0.2) is 34.6 Å². The van der Waals surface area contributed by atoms with E-state index in [-0.39, 0.29) is 29.8 Å². The lowest BCUT2D eigenvalue weighted by Gasteiger charge is -2.06. The second-order valence-corrected chi connectivity index (χ2v) is 7.12. The Labute approximate surface area is 174 Å². The lowest BCUT2D eigenvalue weighted by Crippen LogP contribution is -2.14. The monoisotopic (exact) mass is 426 g/mol. The molecule has 0 fully saturated rings. The molecule has 8 nitrogen and oxygen atoms in total. The highest BCUT2D eigenvalue weighted by atomic mass is 32.2. The van der Waals surface area contributed by atoms with Gasteiger partial charge in [-0.1, -0.05) is 17.8 Å². The number of amides is 2. The van der Waals surface area contributed by atoms with E-state index in [2.05, 4.69) is 20.8 Å². The number of anilines is 2. The molecule has 1 aliphatic rings. The van der Waals surface area contributed by atoms with Crippen LogP contribution in [0.2, 0.25) is 0 Å². The van der Waals surface area contributed by atoms with Gasteiger partial charge >= 0.3 is 0 Å². The Bertz CT molecular complexity index is 1090. The number of thioether (sulfide) groups is 1. The van der Waals surface area contributed by atoms with Gasteiger partial charge in [-0.25, -0.2) is 4.39 Å². The van der Waals surface area contributed by atoms with Gasteiger partial charge in [0.2, 0.25) is 12.7 Å². The number of hydrogen-bond acceptors (Lipinski definition) is 7. The van der Waals surface area contributed by atoms with E-state index in [1.165, 1.54) is 30.0 Å². The number of nitrogens with zero attached hydrogens (tertiary/aromatic N) is 2. The third kappa shape index (κ3) is 4.84. The Kier molecular flexibility index (Phi) is 5.75. The van der Waals surface area contributed by atoms with Gasteiger partial charge in [-0.15, -0.1) is 10.2 Å².